The molecular weight excluding hydrogens is 1720 g/mol. The average molecular weight is 1870 g/mol. The van der Waals surface area contributed by atoms with Crippen LogP contribution in [0.25, 0.3) is 11.1 Å². The Bertz CT molecular complexity index is 4680. The molecule has 4 aromatic rings. The summed E-state index contributed by atoms with van der Waals surface area (Å²) in [5.41, 5.74) is 26.9. The Kier molecular flexibility index (Phi) is 53.1. The number of aliphatic imine (C=N–C) groups is 1. The third-order valence-electron chi connectivity index (χ3n) is 22.4. The lowest BCUT2D eigenvalue weighted by molar-refractivity contribution is -0.143. The number of amides is 8. The number of aliphatic hydroxyl groups is 2. The largest absolute Gasteiger partial charge is 0.492 e. The summed E-state index contributed by atoms with van der Waals surface area (Å²) in [5.74, 6) is -5.26. The molecule has 16 N–H and O–H groups in total. The van der Waals surface area contributed by atoms with E-state index in [9.17, 15) is 67.7 Å². The maximum Gasteiger partial charge on any atom is 0.405 e. The quantitative estimate of drug-likeness (QED) is 0.00225. The molecule has 0 saturated heterocycles. The summed E-state index contributed by atoms with van der Waals surface area (Å²) < 4.78 is 37.9. The molecule has 2 heterocycles. The minimum Gasteiger partial charge on any atom is -0.492 e. The molecule has 9 atom stereocenters. The fourth-order valence-electron chi connectivity index (χ4n) is 15.0. The Hall–Kier alpha value is -12.2. The van der Waals surface area contributed by atoms with Gasteiger partial charge >= 0.3 is 24.1 Å². The standard InChI is InChI=1S/C52H62N4O9.C30H42N2O9.C17H37N7O3.CH4/c1-6-8-10-17-31-56(49(50(60)53-30-9-7-2)42-28-29-44(43(33-42)37(4)57)64-35-46(59)63-5)45(58)23-18-32-55-36(3)47(51(61)65-34-38-19-13-11-14-20-38)48(54-52(55)62)41-26-24-40(25-27-41)39-21-15-12-16-22-39;1-16-11-21-27(35)22(15-23(33)28(21)40-7)32-29(36)17(2)9-8-10-20(38-5)14-24(41-30(31)37)18(3)13-19(4)26(34)25(12-16)39-6;18-9-7-11-21-10-5-6-12-22-15(26)16(27)24-14(25)8-3-1-2-4-13-23-17(19)20;/h11-16,19-22,24-29,33,48-49H,6-10,17-18,23,30-32,34-35H2,1-5H3,(H,53,60)(H,54,62);8-10,13,15-16,19-20,24-26,34H,11-12,14H2,1-7H3,(H2,31,37)(H,32,36);16,21,27H,1-13,18H2,(H,22,26)(H,24,25)(H4,19,20,23);1H4/b;10-8-,17-9+,18-13+;;/t;16-,19+,20+,24-,25+,26+;;/m.1../s1. The number of primary amides is 1. The minimum absolute atomic E-state index is 0. The van der Waals surface area contributed by atoms with Crippen molar-refractivity contribution in [1.82, 2.24) is 41.7 Å². The fraction of sp³-hybridized carbons (Fsp3) is 0.510. The number of urea groups is 1. The second-order valence-corrected chi connectivity index (χ2v) is 32.9. The number of benzene rings is 4. The molecule has 34 nitrogen and oxygen atoms in total. The topological polar surface area (TPSA) is 505 Å². The van der Waals surface area contributed by atoms with Gasteiger partial charge in [-0.05, 0) is 163 Å². The van der Waals surface area contributed by atoms with Crippen LogP contribution in [-0.2, 0) is 78.2 Å². The Balaban J connectivity index is 0.000000464. The third kappa shape index (κ3) is 39.1. The Morgan fingerprint density at radius 1 is 0.724 bits per heavy atom. The van der Waals surface area contributed by atoms with Gasteiger partial charge in [-0.15, -0.1) is 0 Å². The summed E-state index contributed by atoms with van der Waals surface area (Å²) in [5, 5.41) is 37.6. The van der Waals surface area contributed by atoms with Crippen LogP contribution in [-0.4, -0.2) is 215 Å². The number of nitrogens with one attached hydrogen (secondary N) is 6. The Morgan fingerprint density at radius 2 is 1.37 bits per heavy atom. The summed E-state index contributed by atoms with van der Waals surface area (Å²) >= 11 is 0. The number of ether oxygens (including phenoxy) is 7. The number of aliphatic hydroxyl groups excluding tert-OH is 2. The minimum atomic E-state index is -1.51. The van der Waals surface area contributed by atoms with Crippen LogP contribution in [0.3, 0.4) is 0 Å². The van der Waals surface area contributed by atoms with Crippen LogP contribution in [0.2, 0.25) is 0 Å². The Labute approximate surface area is 789 Å². The van der Waals surface area contributed by atoms with E-state index >= 15 is 0 Å². The van der Waals surface area contributed by atoms with Gasteiger partial charge in [0.2, 0.25) is 35.5 Å². The summed E-state index contributed by atoms with van der Waals surface area (Å²) in [4.78, 5) is 162. The average Bonchev–Trinajstić information content (AvgIpc) is 0.776. The van der Waals surface area contributed by atoms with Crippen molar-refractivity contribution >= 4 is 76.9 Å². The highest BCUT2D eigenvalue weighted by Gasteiger charge is 2.39. The maximum absolute atomic E-state index is 14.5. The molecule has 4 aromatic carbocycles. The van der Waals surface area contributed by atoms with Crippen LogP contribution < -0.4 is 59.6 Å². The van der Waals surface area contributed by atoms with E-state index in [1.54, 1.807) is 56.0 Å². The highest BCUT2D eigenvalue weighted by atomic mass is 16.6. The van der Waals surface area contributed by atoms with E-state index in [0.717, 1.165) is 106 Å². The fourth-order valence-corrected chi connectivity index (χ4v) is 15.0. The van der Waals surface area contributed by atoms with E-state index in [4.69, 9.17) is 56.1 Å². The smallest absolute Gasteiger partial charge is 0.405 e. The second kappa shape index (κ2) is 62.3. The van der Waals surface area contributed by atoms with Gasteiger partial charge in [0.05, 0.1) is 55.4 Å². The number of esters is 2. The first kappa shape index (κ1) is 114. The van der Waals surface area contributed by atoms with E-state index in [0.29, 0.717) is 67.8 Å². The number of nitrogens with two attached hydrogens (primary N) is 4. The predicted molar refractivity (Wildman–Crippen MR) is 513 cm³/mol. The summed E-state index contributed by atoms with van der Waals surface area (Å²) in [6.45, 7) is 18.0. The maximum atomic E-state index is 14.5. The molecule has 1 aliphatic carbocycles. The molecule has 2 bridgehead atoms. The number of methoxy groups -OCH3 is 4. The lowest BCUT2D eigenvalue weighted by Gasteiger charge is -2.36. The number of Topliss-reactive ketones (excluding diaryl/α,β-unsaturated/α-hetero) is 2. The van der Waals surface area contributed by atoms with Gasteiger partial charge in [0.25, 0.3) is 11.8 Å². The van der Waals surface area contributed by atoms with Crippen LogP contribution >= 0.6 is 0 Å². The molecule has 3 unspecified atom stereocenters. The zero-order valence-corrected chi connectivity index (χ0v) is 79.2. The van der Waals surface area contributed by atoms with Gasteiger partial charge in [0, 0.05) is 95.0 Å². The molecule has 0 fully saturated rings. The zero-order chi connectivity index (χ0) is 97.9. The van der Waals surface area contributed by atoms with E-state index in [-0.39, 0.29) is 128 Å². The molecule has 3 aliphatic rings. The van der Waals surface area contributed by atoms with Crippen LogP contribution in [0.1, 0.15) is 224 Å². The Morgan fingerprint density at radius 3 is 2.01 bits per heavy atom. The van der Waals surface area contributed by atoms with Crippen molar-refractivity contribution in [2.75, 3.05) is 87.4 Å². The number of carbonyl (C=O) groups is 12. The first-order valence-electron chi connectivity index (χ1n) is 45.7. The van der Waals surface area contributed by atoms with Gasteiger partial charge in [-0.25, -0.2) is 19.2 Å². The number of fused-ring (bicyclic) bond motifs is 2. The number of allylic oxidation sites excluding steroid dienone is 5. The molecule has 0 spiro atoms. The van der Waals surface area contributed by atoms with Crippen molar-refractivity contribution in [2.45, 2.75) is 234 Å². The molecular formula is C100H145N13O21. The number of ketones is 3. The van der Waals surface area contributed by atoms with Crippen molar-refractivity contribution in [3.63, 3.8) is 0 Å². The third-order valence-corrected chi connectivity index (χ3v) is 22.4. The molecule has 0 saturated carbocycles. The lowest BCUT2D eigenvalue weighted by atomic mass is 9.85. The number of rotatable bonds is 45. The van der Waals surface area contributed by atoms with Crippen LogP contribution in [0, 0.1) is 11.8 Å². The van der Waals surface area contributed by atoms with Gasteiger partial charge in [-0.1, -0.05) is 189 Å². The van der Waals surface area contributed by atoms with Gasteiger partial charge in [0.1, 0.15) is 24.5 Å². The van der Waals surface area contributed by atoms with E-state index < -0.39 is 109 Å². The SMILES string of the molecule is C.CCCCCCN(C(=O)CCCN1C(=O)NC(c2ccc(-c3ccccc3)cc2)C(C(=O)OCc2ccccc2)=C1C)C(C(=O)NCCCC)c1ccc(OCC(=O)OC)c(C(C)=O)c1.COC1=C2C[C@@H](C)C[C@H](OC)[C@@H](O)[C@@H](C)/C=C(\C)[C@H](OC(N)=O)C[C@@H](OC)/C=C\C=C(/C)C(=O)NC(=CC1=O)C2=O.NCCCNCCCCNC(=O)C(O)NC(=O)CCCCCCN=C(N)N. The van der Waals surface area contributed by atoms with E-state index in [2.05, 4.69) is 43.8 Å². The molecule has 34 heteroatoms. The van der Waals surface area contributed by atoms with Crippen molar-refractivity contribution in [3.8, 4) is 16.9 Å². The van der Waals surface area contributed by atoms with Crippen molar-refractivity contribution < 1.29 is 101 Å². The van der Waals surface area contributed by atoms with E-state index in [1.165, 1.54) is 52.4 Å². The molecule has 7 rings (SSSR count). The van der Waals surface area contributed by atoms with Gasteiger partial charge < -0.3 is 103 Å². The first-order valence-corrected chi connectivity index (χ1v) is 45.7. The molecule has 0 aromatic heterocycles. The highest BCUT2D eigenvalue weighted by molar-refractivity contribution is 6.23. The molecule has 2 aliphatic heterocycles. The molecule has 0 radical (unpaired) electrons. The summed E-state index contributed by atoms with van der Waals surface area (Å²) in [6, 6.07) is 29.3. The zero-order valence-electron chi connectivity index (χ0n) is 79.2. The van der Waals surface area contributed by atoms with Gasteiger partial charge in [0.15, 0.2) is 24.1 Å². The molecule has 134 heavy (non-hydrogen) atoms. The number of unbranched alkanes of at least 4 members (excludes halogenated alkanes) is 8. The normalized spacial score (nSPS) is 19.1. The summed E-state index contributed by atoms with van der Waals surface area (Å²) in [7, 11) is 5.52. The molecule has 736 valence electrons. The second-order valence-electron chi connectivity index (χ2n) is 32.9. The number of hydrogen-bond donors (Lipinski definition) is 12. The lowest BCUT2D eigenvalue weighted by Crippen LogP contribution is -2.48. The van der Waals surface area contributed by atoms with Crippen LogP contribution in [0.4, 0.5) is 9.59 Å². The van der Waals surface area contributed by atoms with Crippen LogP contribution in [0.15, 0.2) is 178 Å². The number of nitrogens with zero attached hydrogens (tertiary/aromatic N) is 3. The van der Waals surface area contributed by atoms with E-state index in [1.807, 2.05) is 106 Å². The molecule has 8 amide bonds. The number of guanidine groups is 1. The van der Waals surface area contributed by atoms with Crippen molar-refractivity contribution in [1.29, 1.82) is 0 Å². The highest BCUT2D eigenvalue weighted by Crippen LogP contribution is 2.36. The first-order chi connectivity index (χ1) is 63.7. The van der Waals surface area contributed by atoms with Crippen LogP contribution in [0.5, 0.6) is 5.75 Å². The predicted octanol–water partition coefficient (Wildman–Crippen LogP) is 11.0. The van der Waals surface area contributed by atoms with Gasteiger partial charge in [-0.3, -0.25) is 48.2 Å². The van der Waals surface area contributed by atoms with Crippen molar-refractivity contribution in [3.05, 3.63) is 195 Å². The monoisotopic (exact) mass is 1860 g/mol. The number of carbonyl (C=O) groups excluding carboxylic acids is 12. The van der Waals surface area contributed by atoms with Crippen molar-refractivity contribution in [2.24, 2.45) is 39.8 Å². The van der Waals surface area contributed by atoms with Gasteiger partial charge in [-0.2, -0.15) is 0 Å². The summed E-state index contributed by atoms with van der Waals surface area (Å²) in [6.07, 6.45) is 14.5. The number of hydrogen-bond acceptors (Lipinski definition) is 24.